The molecule has 0 heterocycles. The molecule has 0 atom stereocenters. The van der Waals surface area contributed by atoms with Gasteiger partial charge in [-0.25, -0.2) is 12.8 Å². The molecule has 2 aromatic carbocycles. The minimum absolute atomic E-state index is 0.0216. The van der Waals surface area contributed by atoms with Crippen molar-refractivity contribution in [1.29, 1.82) is 0 Å². The molecular formula is C21H19FO3S. The normalized spacial score (nSPS) is 15.5. The average molecular weight is 370 g/mol. The highest BCUT2D eigenvalue weighted by molar-refractivity contribution is 7.90. The number of Topliss-reactive ketones (excluding diaryl/α,β-unsaturated/α-hetero) is 1. The van der Waals surface area contributed by atoms with E-state index in [9.17, 15) is 17.6 Å². The van der Waals surface area contributed by atoms with E-state index in [-0.39, 0.29) is 22.9 Å². The topological polar surface area (TPSA) is 51.2 Å². The zero-order valence-corrected chi connectivity index (χ0v) is 15.7. The maximum Gasteiger partial charge on any atom is 0.175 e. The van der Waals surface area contributed by atoms with E-state index in [1.807, 2.05) is 13.0 Å². The molecule has 0 radical (unpaired) electrons. The molecule has 0 aromatic heterocycles. The average Bonchev–Trinajstić information content (AvgIpc) is 2.79. The number of halogens is 1. The maximum absolute atomic E-state index is 13.7. The van der Waals surface area contributed by atoms with Crippen LogP contribution in [0.5, 0.6) is 0 Å². The number of hydrogen-bond donors (Lipinski definition) is 0. The summed E-state index contributed by atoms with van der Waals surface area (Å²) < 4.78 is 36.9. The fraction of sp³-hybridized carbons (Fsp3) is 0.190. The standard InChI is InChI=1S/C21H19FO3S/c1-13(23)10-19-14(2)20(18-9-6-16(22)12-21(18)19)11-15-4-7-17(8-5-15)26(3,24)25/h4-9,11-12H,10H2,1-3H3/b20-11-. The Kier molecular flexibility index (Phi) is 4.67. The summed E-state index contributed by atoms with van der Waals surface area (Å²) >= 11 is 0. The Bertz CT molecular complexity index is 1060. The molecule has 0 fully saturated rings. The summed E-state index contributed by atoms with van der Waals surface area (Å²) in [5, 5.41) is 0. The number of ketones is 1. The number of carbonyl (C=O) groups excluding carboxylic acids is 1. The fourth-order valence-corrected chi connectivity index (χ4v) is 3.84. The Morgan fingerprint density at radius 3 is 2.31 bits per heavy atom. The molecule has 0 saturated heterocycles. The predicted molar refractivity (Wildman–Crippen MR) is 102 cm³/mol. The quantitative estimate of drug-likeness (QED) is 0.794. The molecular weight excluding hydrogens is 351 g/mol. The van der Waals surface area contributed by atoms with Crippen molar-refractivity contribution in [3.05, 3.63) is 70.5 Å². The lowest BCUT2D eigenvalue weighted by molar-refractivity contribution is -0.116. The second-order valence-electron chi connectivity index (χ2n) is 6.57. The van der Waals surface area contributed by atoms with E-state index in [1.54, 1.807) is 30.3 Å². The van der Waals surface area contributed by atoms with E-state index >= 15 is 0 Å². The van der Waals surface area contributed by atoms with E-state index in [0.29, 0.717) is 0 Å². The second-order valence-corrected chi connectivity index (χ2v) is 8.59. The molecule has 1 aliphatic rings. The molecule has 1 aliphatic carbocycles. The van der Waals surface area contributed by atoms with Gasteiger partial charge in [0.15, 0.2) is 9.84 Å². The zero-order chi connectivity index (χ0) is 19.1. The van der Waals surface area contributed by atoms with Gasteiger partial charge in [-0.05, 0) is 77.6 Å². The van der Waals surface area contributed by atoms with Gasteiger partial charge in [0.05, 0.1) is 4.90 Å². The van der Waals surface area contributed by atoms with E-state index in [0.717, 1.165) is 33.4 Å². The largest absolute Gasteiger partial charge is 0.300 e. The fourth-order valence-electron chi connectivity index (χ4n) is 3.21. The molecule has 5 heteroatoms. The molecule has 0 aliphatic heterocycles. The maximum atomic E-state index is 13.7. The van der Waals surface area contributed by atoms with Gasteiger partial charge in [0.2, 0.25) is 0 Å². The summed E-state index contributed by atoms with van der Waals surface area (Å²) in [6, 6.07) is 11.2. The van der Waals surface area contributed by atoms with Gasteiger partial charge in [0.25, 0.3) is 0 Å². The van der Waals surface area contributed by atoms with E-state index < -0.39 is 9.84 Å². The van der Waals surface area contributed by atoms with Crippen LogP contribution in [0.25, 0.3) is 17.2 Å². The van der Waals surface area contributed by atoms with Crippen molar-refractivity contribution >= 4 is 32.8 Å². The van der Waals surface area contributed by atoms with Crippen LogP contribution in [0.3, 0.4) is 0 Å². The van der Waals surface area contributed by atoms with Gasteiger partial charge < -0.3 is 0 Å². The van der Waals surface area contributed by atoms with Crippen molar-refractivity contribution in [3.63, 3.8) is 0 Å². The monoisotopic (exact) mass is 370 g/mol. The van der Waals surface area contributed by atoms with Gasteiger partial charge in [0.1, 0.15) is 11.6 Å². The van der Waals surface area contributed by atoms with E-state index in [1.165, 1.54) is 25.3 Å². The second kappa shape index (κ2) is 6.65. The smallest absolute Gasteiger partial charge is 0.175 e. The lowest BCUT2D eigenvalue weighted by Crippen LogP contribution is -1.96. The minimum Gasteiger partial charge on any atom is -0.300 e. The van der Waals surface area contributed by atoms with Crippen molar-refractivity contribution in [2.24, 2.45) is 0 Å². The highest BCUT2D eigenvalue weighted by Gasteiger charge is 2.24. The summed E-state index contributed by atoms with van der Waals surface area (Å²) in [4.78, 5) is 11.9. The first-order valence-electron chi connectivity index (χ1n) is 8.18. The Morgan fingerprint density at radius 1 is 1.08 bits per heavy atom. The van der Waals surface area contributed by atoms with Crippen LogP contribution in [0, 0.1) is 5.82 Å². The van der Waals surface area contributed by atoms with Crippen LogP contribution >= 0.6 is 0 Å². The molecule has 0 spiro atoms. The summed E-state index contributed by atoms with van der Waals surface area (Å²) in [5.41, 5.74) is 5.16. The van der Waals surface area contributed by atoms with Gasteiger partial charge in [-0.1, -0.05) is 18.2 Å². The molecule has 134 valence electrons. The van der Waals surface area contributed by atoms with Gasteiger partial charge in [0, 0.05) is 12.7 Å². The molecule has 0 bridgehead atoms. The van der Waals surface area contributed by atoms with Crippen molar-refractivity contribution in [1.82, 2.24) is 0 Å². The van der Waals surface area contributed by atoms with E-state index in [2.05, 4.69) is 0 Å². The van der Waals surface area contributed by atoms with E-state index in [4.69, 9.17) is 0 Å². The third-order valence-electron chi connectivity index (χ3n) is 4.50. The summed E-state index contributed by atoms with van der Waals surface area (Å²) in [6.07, 6.45) is 3.36. The number of hydrogen-bond acceptors (Lipinski definition) is 3. The molecule has 2 aromatic rings. The molecule has 0 N–H and O–H groups in total. The molecule has 26 heavy (non-hydrogen) atoms. The van der Waals surface area contributed by atoms with Crippen molar-refractivity contribution in [3.8, 4) is 0 Å². The van der Waals surface area contributed by atoms with Crippen molar-refractivity contribution in [2.75, 3.05) is 6.26 Å². The lowest BCUT2D eigenvalue weighted by atomic mass is 10.0. The summed E-state index contributed by atoms with van der Waals surface area (Å²) in [5.74, 6) is -0.315. The van der Waals surface area contributed by atoms with Gasteiger partial charge in [-0.15, -0.1) is 0 Å². The van der Waals surface area contributed by atoms with Crippen molar-refractivity contribution in [2.45, 2.75) is 25.2 Å². The zero-order valence-electron chi connectivity index (χ0n) is 14.8. The number of sulfone groups is 1. The highest BCUT2D eigenvalue weighted by atomic mass is 32.2. The first kappa shape index (κ1) is 18.3. The Morgan fingerprint density at radius 2 is 1.73 bits per heavy atom. The van der Waals surface area contributed by atoms with Gasteiger partial charge >= 0.3 is 0 Å². The van der Waals surface area contributed by atoms with Crippen molar-refractivity contribution < 1.29 is 17.6 Å². The predicted octanol–water partition coefficient (Wildman–Crippen LogP) is 4.54. The molecule has 0 saturated carbocycles. The van der Waals surface area contributed by atoms with Crippen LogP contribution in [0.1, 0.15) is 37.0 Å². The highest BCUT2D eigenvalue weighted by Crippen LogP contribution is 2.43. The van der Waals surface area contributed by atoms with Crippen LogP contribution in [-0.2, 0) is 14.6 Å². The van der Waals surface area contributed by atoms with Crippen LogP contribution < -0.4 is 0 Å². The van der Waals surface area contributed by atoms with Crippen LogP contribution in [0.2, 0.25) is 0 Å². The van der Waals surface area contributed by atoms with Gasteiger partial charge in [-0.2, -0.15) is 0 Å². The number of fused-ring (bicyclic) bond motifs is 1. The third-order valence-corrected chi connectivity index (χ3v) is 5.63. The lowest BCUT2D eigenvalue weighted by Gasteiger charge is -2.05. The Hall–Kier alpha value is -2.53. The SMILES string of the molecule is CC(=O)CC1=C(C)/C(=C/c2ccc(S(C)(=O)=O)cc2)c2ccc(F)cc21. The first-order chi connectivity index (χ1) is 12.2. The Balaban J connectivity index is 2.11. The number of benzene rings is 2. The van der Waals surface area contributed by atoms with Gasteiger partial charge in [-0.3, -0.25) is 4.79 Å². The number of carbonyl (C=O) groups is 1. The molecule has 3 rings (SSSR count). The Labute approximate surface area is 152 Å². The van der Waals surface area contributed by atoms with Crippen LogP contribution in [-0.4, -0.2) is 20.5 Å². The molecule has 0 unspecified atom stereocenters. The first-order valence-corrected chi connectivity index (χ1v) is 10.1. The summed E-state index contributed by atoms with van der Waals surface area (Å²) in [6.45, 7) is 3.44. The van der Waals surface area contributed by atoms with Crippen LogP contribution in [0.15, 0.2) is 52.9 Å². The molecule has 0 amide bonds. The number of allylic oxidation sites excluding steroid dienone is 3. The number of rotatable bonds is 4. The third kappa shape index (κ3) is 3.53. The van der Waals surface area contributed by atoms with Crippen LogP contribution in [0.4, 0.5) is 4.39 Å². The minimum atomic E-state index is -3.24. The summed E-state index contributed by atoms with van der Waals surface area (Å²) in [7, 11) is -3.24. The molecule has 3 nitrogen and oxygen atoms in total.